The van der Waals surface area contributed by atoms with Gasteiger partial charge in [0.1, 0.15) is 0 Å². The van der Waals surface area contributed by atoms with E-state index < -0.39 is 6.09 Å². The molecule has 4 heteroatoms. The van der Waals surface area contributed by atoms with E-state index >= 15 is 0 Å². The van der Waals surface area contributed by atoms with E-state index in [-0.39, 0.29) is 5.88 Å². The quantitative estimate of drug-likeness (QED) is 0.836. The molecule has 0 unspecified atom stereocenters. The molecule has 0 atom stereocenters. The van der Waals surface area contributed by atoms with Gasteiger partial charge in [0.15, 0.2) is 0 Å². The van der Waals surface area contributed by atoms with Crippen LogP contribution < -0.4 is 10.1 Å². The number of pyridine rings is 1. The highest BCUT2D eigenvalue weighted by Gasteiger charge is 2.04. The van der Waals surface area contributed by atoms with Crippen molar-refractivity contribution in [1.29, 1.82) is 0 Å². The number of nitrogens with zero attached hydrogens (tertiary/aromatic N) is 1. The van der Waals surface area contributed by atoms with Crippen molar-refractivity contribution in [2.24, 2.45) is 0 Å². The molecule has 1 aromatic carbocycles. The zero-order valence-corrected chi connectivity index (χ0v) is 8.46. The van der Waals surface area contributed by atoms with Crippen LogP contribution in [0.15, 0.2) is 54.7 Å². The Morgan fingerprint density at radius 1 is 1.06 bits per heavy atom. The predicted octanol–water partition coefficient (Wildman–Crippen LogP) is 2.69. The molecule has 0 aliphatic rings. The number of aromatic nitrogens is 1. The molecule has 0 fully saturated rings. The summed E-state index contributed by atoms with van der Waals surface area (Å²) in [6, 6.07) is 14.2. The summed E-state index contributed by atoms with van der Waals surface area (Å²) in [5.41, 5.74) is 0.684. The van der Waals surface area contributed by atoms with Gasteiger partial charge in [0.2, 0.25) is 5.88 Å². The first-order chi connectivity index (χ1) is 7.84. The molecular formula is C12H10N2O2. The molecule has 16 heavy (non-hydrogen) atoms. The van der Waals surface area contributed by atoms with Gasteiger partial charge in [-0.1, -0.05) is 24.3 Å². The number of carbonyl (C=O) groups excluding carboxylic acids is 1. The lowest BCUT2D eigenvalue weighted by Crippen LogP contribution is -2.17. The van der Waals surface area contributed by atoms with Crippen molar-refractivity contribution < 1.29 is 9.53 Å². The number of carbonyl (C=O) groups is 1. The maximum absolute atomic E-state index is 11.4. The smallest absolute Gasteiger partial charge is 0.391 e. The Morgan fingerprint density at radius 2 is 1.81 bits per heavy atom. The van der Waals surface area contributed by atoms with Gasteiger partial charge in [0.05, 0.1) is 0 Å². The fraction of sp³-hybridized carbons (Fsp3) is 0. The van der Waals surface area contributed by atoms with Gasteiger partial charge in [-0.2, -0.15) is 0 Å². The maximum Gasteiger partial charge on any atom is 0.418 e. The first-order valence-corrected chi connectivity index (χ1v) is 4.79. The van der Waals surface area contributed by atoms with E-state index in [9.17, 15) is 4.79 Å². The monoisotopic (exact) mass is 214 g/mol. The highest BCUT2D eigenvalue weighted by atomic mass is 16.6. The van der Waals surface area contributed by atoms with Crippen LogP contribution in [0.25, 0.3) is 0 Å². The number of anilines is 1. The number of rotatable bonds is 2. The van der Waals surface area contributed by atoms with Crippen molar-refractivity contribution in [2.45, 2.75) is 0 Å². The second-order valence-electron chi connectivity index (χ2n) is 3.05. The van der Waals surface area contributed by atoms with E-state index in [0.717, 1.165) is 0 Å². The van der Waals surface area contributed by atoms with Crippen LogP contribution in [0.4, 0.5) is 10.5 Å². The Bertz CT molecular complexity index is 413. The zero-order chi connectivity index (χ0) is 11.2. The van der Waals surface area contributed by atoms with Crippen molar-refractivity contribution in [3.05, 3.63) is 54.7 Å². The van der Waals surface area contributed by atoms with Gasteiger partial charge in [-0.3, -0.25) is 5.32 Å². The molecule has 0 saturated carbocycles. The highest BCUT2D eigenvalue weighted by molar-refractivity contribution is 5.85. The second-order valence-corrected chi connectivity index (χ2v) is 3.05. The van der Waals surface area contributed by atoms with Crippen LogP contribution in [0.2, 0.25) is 0 Å². The van der Waals surface area contributed by atoms with Gasteiger partial charge in [0, 0.05) is 18.0 Å². The van der Waals surface area contributed by atoms with Crippen LogP contribution in [0, 0.1) is 0 Å². The van der Waals surface area contributed by atoms with E-state index in [1.54, 1.807) is 36.5 Å². The van der Waals surface area contributed by atoms with Crippen molar-refractivity contribution in [3.63, 3.8) is 0 Å². The molecule has 1 heterocycles. The first kappa shape index (κ1) is 10.2. The fourth-order valence-corrected chi connectivity index (χ4v) is 1.17. The average Bonchev–Trinajstić information content (AvgIpc) is 2.31. The summed E-state index contributed by atoms with van der Waals surface area (Å²) in [4.78, 5) is 15.3. The van der Waals surface area contributed by atoms with Crippen molar-refractivity contribution in [1.82, 2.24) is 4.98 Å². The largest absolute Gasteiger partial charge is 0.418 e. The molecule has 1 N–H and O–H groups in total. The molecule has 0 saturated heterocycles. The summed E-state index contributed by atoms with van der Waals surface area (Å²) in [7, 11) is 0. The lowest BCUT2D eigenvalue weighted by molar-refractivity contribution is 0.213. The summed E-state index contributed by atoms with van der Waals surface area (Å²) in [6.07, 6.45) is 1.01. The molecule has 1 aromatic heterocycles. The average molecular weight is 214 g/mol. The molecule has 2 rings (SSSR count). The van der Waals surface area contributed by atoms with Gasteiger partial charge in [-0.15, -0.1) is 0 Å². The number of hydrogen-bond acceptors (Lipinski definition) is 3. The van der Waals surface area contributed by atoms with E-state index in [1.807, 2.05) is 18.2 Å². The normalized spacial score (nSPS) is 9.50. The second kappa shape index (κ2) is 4.93. The summed E-state index contributed by atoms with van der Waals surface area (Å²) < 4.78 is 4.96. The standard InChI is InChI=1S/C12H10N2O2/c15-12(14-10-6-2-1-3-7-10)16-11-8-4-5-9-13-11/h1-9H,(H,14,15). The Labute approximate surface area is 92.9 Å². The summed E-state index contributed by atoms with van der Waals surface area (Å²) in [6.45, 7) is 0. The fourth-order valence-electron chi connectivity index (χ4n) is 1.17. The van der Waals surface area contributed by atoms with Gasteiger partial charge in [0.25, 0.3) is 0 Å². The Morgan fingerprint density at radius 3 is 2.50 bits per heavy atom. The van der Waals surface area contributed by atoms with Crippen molar-refractivity contribution in [3.8, 4) is 5.88 Å². The van der Waals surface area contributed by atoms with Crippen LogP contribution in [-0.4, -0.2) is 11.1 Å². The molecule has 0 bridgehead atoms. The molecule has 0 aliphatic carbocycles. The molecular weight excluding hydrogens is 204 g/mol. The zero-order valence-electron chi connectivity index (χ0n) is 8.46. The van der Waals surface area contributed by atoms with E-state index in [0.29, 0.717) is 5.69 Å². The Hall–Kier alpha value is -2.36. The molecule has 80 valence electrons. The van der Waals surface area contributed by atoms with Crippen LogP contribution in [-0.2, 0) is 0 Å². The van der Waals surface area contributed by atoms with Gasteiger partial charge < -0.3 is 4.74 Å². The first-order valence-electron chi connectivity index (χ1n) is 4.79. The topological polar surface area (TPSA) is 51.2 Å². The van der Waals surface area contributed by atoms with Crippen molar-refractivity contribution in [2.75, 3.05) is 5.32 Å². The van der Waals surface area contributed by atoms with Gasteiger partial charge in [-0.25, -0.2) is 9.78 Å². The minimum absolute atomic E-state index is 0.274. The molecule has 4 nitrogen and oxygen atoms in total. The van der Waals surface area contributed by atoms with E-state index in [1.165, 1.54) is 0 Å². The molecule has 0 aliphatic heterocycles. The molecule has 2 aromatic rings. The van der Waals surface area contributed by atoms with Crippen LogP contribution in [0.5, 0.6) is 5.88 Å². The Kier molecular flexibility index (Phi) is 3.13. The van der Waals surface area contributed by atoms with Crippen LogP contribution >= 0.6 is 0 Å². The summed E-state index contributed by atoms with van der Waals surface area (Å²) in [5, 5.41) is 2.59. The van der Waals surface area contributed by atoms with Gasteiger partial charge in [-0.05, 0) is 18.2 Å². The minimum Gasteiger partial charge on any atom is -0.391 e. The highest BCUT2D eigenvalue weighted by Crippen LogP contribution is 2.08. The van der Waals surface area contributed by atoms with E-state index in [4.69, 9.17) is 4.74 Å². The third-order valence-electron chi connectivity index (χ3n) is 1.86. The third-order valence-corrected chi connectivity index (χ3v) is 1.86. The van der Waals surface area contributed by atoms with Crippen LogP contribution in [0.3, 0.4) is 0 Å². The Balaban J connectivity index is 1.95. The lowest BCUT2D eigenvalue weighted by atomic mass is 10.3. The number of amides is 1. The minimum atomic E-state index is -0.551. The van der Waals surface area contributed by atoms with Crippen molar-refractivity contribution >= 4 is 11.8 Å². The number of nitrogens with one attached hydrogen (secondary N) is 1. The predicted molar refractivity (Wildman–Crippen MR) is 60.3 cm³/mol. The van der Waals surface area contributed by atoms with E-state index in [2.05, 4.69) is 10.3 Å². The number of para-hydroxylation sites is 1. The maximum atomic E-state index is 11.4. The molecule has 1 amide bonds. The summed E-state index contributed by atoms with van der Waals surface area (Å²) >= 11 is 0. The summed E-state index contributed by atoms with van der Waals surface area (Å²) in [5.74, 6) is 0.274. The number of hydrogen-bond donors (Lipinski definition) is 1. The lowest BCUT2D eigenvalue weighted by Gasteiger charge is -2.04. The van der Waals surface area contributed by atoms with Crippen LogP contribution in [0.1, 0.15) is 0 Å². The SMILES string of the molecule is O=C(Nc1ccccc1)Oc1ccccn1. The number of benzene rings is 1. The van der Waals surface area contributed by atoms with Gasteiger partial charge >= 0.3 is 6.09 Å². The number of ether oxygens (including phenoxy) is 1. The molecule has 0 spiro atoms. The molecule has 0 radical (unpaired) electrons. The third kappa shape index (κ3) is 2.81.